The van der Waals surface area contributed by atoms with Crippen molar-refractivity contribution in [2.75, 3.05) is 26.1 Å². The third-order valence-electron chi connectivity index (χ3n) is 4.02. The smallest absolute Gasteiger partial charge is 0.413 e. The van der Waals surface area contributed by atoms with Gasteiger partial charge in [0.05, 0.1) is 26.5 Å². The average molecular weight is 376 g/mol. The van der Waals surface area contributed by atoms with E-state index < -0.39 is 6.09 Å². The van der Waals surface area contributed by atoms with Crippen LogP contribution < -0.4 is 15.4 Å². The van der Waals surface area contributed by atoms with Crippen LogP contribution in [0, 0.1) is 0 Å². The number of aromatic nitrogens is 1. The highest BCUT2D eigenvalue weighted by atomic mass is 32.1. The lowest BCUT2D eigenvalue weighted by atomic mass is 10.2. The first-order valence-corrected chi connectivity index (χ1v) is 8.90. The largest absolute Gasteiger partial charge is 0.497 e. The van der Waals surface area contributed by atoms with E-state index in [0.717, 1.165) is 21.9 Å². The maximum absolute atomic E-state index is 12.4. The van der Waals surface area contributed by atoms with E-state index in [4.69, 9.17) is 4.74 Å². The summed E-state index contributed by atoms with van der Waals surface area (Å²) in [5, 5.41) is 5.98. The molecule has 26 heavy (non-hydrogen) atoms. The Labute approximate surface area is 155 Å². The summed E-state index contributed by atoms with van der Waals surface area (Å²) in [4.78, 5) is 30.8. The van der Waals surface area contributed by atoms with Crippen molar-refractivity contribution >= 4 is 28.6 Å². The Bertz CT molecular complexity index is 791. The maximum Gasteiger partial charge on any atom is 0.413 e. The van der Waals surface area contributed by atoms with Crippen LogP contribution in [0.4, 0.5) is 14.7 Å². The molecule has 0 bridgehead atoms. The fourth-order valence-electron chi connectivity index (χ4n) is 2.59. The molecular weight excluding hydrogens is 356 g/mol. The van der Waals surface area contributed by atoms with Crippen LogP contribution in [0.3, 0.4) is 0 Å². The van der Waals surface area contributed by atoms with Crippen molar-refractivity contribution < 1.29 is 19.1 Å². The Hall–Kier alpha value is -2.81. The van der Waals surface area contributed by atoms with Gasteiger partial charge >= 0.3 is 12.1 Å². The van der Waals surface area contributed by atoms with E-state index in [-0.39, 0.29) is 6.03 Å². The third-order valence-corrected chi connectivity index (χ3v) is 5.01. The molecule has 0 spiro atoms. The van der Waals surface area contributed by atoms with Crippen LogP contribution in [-0.4, -0.2) is 42.8 Å². The van der Waals surface area contributed by atoms with E-state index >= 15 is 0 Å². The molecule has 0 atom stereocenters. The zero-order valence-corrected chi connectivity index (χ0v) is 15.4. The number of fused-ring (bicyclic) bond motifs is 1. The molecule has 1 aliphatic rings. The summed E-state index contributed by atoms with van der Waals surface area (Å²) < 4.78 is 9.69. The summed E-state index contributed by atoms with van der Waals surface area (Å²) in [6.07, 6.45) is 0.107. The van der Waals surface area contributed by atoms with Crippen LogP contribution in [0.2, 0.25) is 0 Å². The van der Waals surface area contributed by atoms with Crippen molar-refractivity contribution in [3.05, 3.63) is 40.4 Å². The zero-order chi connectivity index (χ0) is 18.5. The van der Waals surface area contributed by atoms with Gasteiger partial charge in [-0.3, -0.25) is 5.32 Å². The van der Waals surface area contributed by atoms with Crippen molar-refractivity contribution in [3.8, 4) is 5.75 Å². The molecule has 3 amide bonds. The van der Waals surface area contributed by atoms with Gasteiger partial charge in [0, 0.05) is 24.4 Å². The number of hydrogen-bond donors (Lipinski definition) is 2. The van der Waals surface area contributed by atoms with E-state index in [0.29, 0.717) is 31.2 Å². The molecule has 9 heteroatoms. The monoisotopic (exact) mass is 376 g/mol. The summed E-state index contributed by atoms with van der Waals surface area (Å²) in [6, 6.07) is 7.44. The molecule has 1 aromatic heterocycles. The Morgan fingerprint density at radius 1 is 1.27 bits per heavy atom. The number of methoxy groups -OCH3 is 2. The predicted octanol–water partition coefficient (Wildman–Crippen LogP) is 2.60. The first kappa shape index (κ1) is 18.0. The highest BCUT2D eigenvalue weighted by Gasteiger charge is 2.24. The molecule has 2 heterocycles. The molecule has 1 aliphatic heterocycles. The summed E-state index contributed by atoms with van der Waals surface area (Å²) in [5.41, 5.74) is 1.92. The van der Waals surface area contributed by atoms with E-state index in [1.54, 1.807) is 12.0 Å². The number of nitrogens with zero attached hydrogens (tertiary/aromatic N) is 2. The summed E-state index contributed by atoms with van der Waals surface area (Å²) in [5.74, 6) is 0.783. The van der Waals surface area contributed by atoms with Gasteiger partial charge in [-0.1, -0.05) is 23.5 Å². The van der Waals surface area contributed by atoms with Crippen LogP contribution >= 0.6 is 11.3 Å². The molecule has 0 radical (unpaired) electrons. The third kappa shape index (κ3) is 4.23. The van der Waals surface area contributed by atoms with Gasteiger partial charge in [0.25, 0.3) is 0 Å². The molecule has 138 valence electrons. The van der Waals surface area contributed by atoms with Crippen molar-refractivity contribution in [1.82, 2.24) is 15.2 Å². The second-order valence-corrected chi connectivity index (χ2v) is 6.77. The quantitative estimate of drug-likeness (QED) is 0.856. The minimum absolute atomic E-state index is 0.123. The molecule has 0 aliphatic carbocycles. The lowest BCUT2D eigenvalue weighted by molar-refractivity contribution is 0.187. The van der Waals surface area contributed by atoms with Gasteiger partial charge in [-0.15, -0.1) is 0 Å². The van der Waals surface area contributed by atoms with Crippen molar-refractivity contribution in [2.24, 2.45) is 0 Å². The van der Waals surface area contributed by atoms with E-state index in [2.05, 4.69) is 20.4 Å². The summed E-state index contributed by atoms with van der Waals surface area (Å²) >= 11 is 1.36. The number of nitrogens with one attached hydrogen (secondary N) is 2. The van der Waals surface area contributed by atoms with Gasteiger partial charge < -0.3 is 19.7 Å². The molecule has 1 aromatic carbocycles. The van der Waals surface area contributed by atoms with Crippen LogP contribution in [-0.2, 0) is 24.2 Å². The second kappa shape index (κ2) is 8.05. The number of rotatable bonds is 4. The first-order valence-electron chi connectivity index (χ1n) is 8.08. The van der Waals surface area contributed by atoms with Crippen LogP contribution in [0.5, 0.6) is 5.75 Å². The average Bonchev–Trinajstić information content (AvgIpc) is 3.07. The molecule has 0 fully saturated rings. The number of thiazole rings is 1. The number of amides is 3. The molecule has 0 saturated carbocycles. The van der Waals surface area contributed by atoms with Crippen molar-refractivity contribution in [3.63, 3.8) is 0 Å². The highest BCUT2D eigenvalue weighted by Crippen LogP contribution is 2.28. The van der Waals surface area contributed by atoms with E-state index in [1.165, 1.54) is 18.4 Å². The van der Waals surface area contributed by atoms with Gasteiger partial charge in [-0.05, 0) is 17.7 Å². The Morgan fingerprint density at radius 3 is 2.73 bits per heavy atom. The summed E-state index contributed by atoms with van der Waals surface area (Å²) in [7, 11) is 2.92. The van der Waals surface area contributed by atoms with E-state index in [9.17, 15) is 9.59 Å². The molecule has 8 nitrogen and oxygen atoms in total. The number of benzene rings is 1. The number of urea groups is 1. The predicted molar refractivity (Wildman–Crippen MR) is 97.5 cm³/mol. The van der Waals surface area contributed by atoms with Crippen LogP contribution in [0.1, 0.15) is 16.1 Å². The lowest BCUT2D eigenvalue weighted by Gasteiger charge is -2.26. The number of carbonyl (C=O) groups is 2. The molecular formula is C17H20N4O4S. The molecule has 0 unspecified atom stereocenters. The molecule has 3 rings (SSSR count). The van der Waals surface area contributed by atoms with E-state index in [1.807, 2.05) is 24.3 Å². The summed E-state index contributed by atoms with van der Waals surface area (Å²) in [6.45, 7) is 1.51. The number of hydrogen-bond acceptors (Lipinski definition) is 6. The van der Waals surface area contributed by atoms with Crippen molar-refractivity contribution in [2.45, 2.75) is 19.5 Å². The molecule has 2 aromatic rings. The molecule has 2 N–H and O–H groups in total. The van der Waals surface area contributed by atoms with Gasteiger partial charge in [-0.25, -0.2) is 14.6 Å². The highest BCUT2D eigenvalue weighted by molar-refractivity contribution is 7.15. The zero-order valence-electron chi connectivity index (χ0n) is 14.6. The van der Waals surface area contributed by atoms with Gasteiger partial charge in [0.1, 0.15) is 5.75 Å². The maximum atomic E-state index is 12.4. The number of carbonyl (C=O) groups excluding carboxylic acids is 2. The lowest BCUT2D eigenvalue weighted by Crippen LogP contribution is -2.42. The fraction of sp³-hybridized carbons (Fsp3) is 0.353. The number of ether oxygens (including phenoxy) is 2. The molecule has 0 saturated heterocycles. The first-order chi connectivity index (χ1) is 12.6. The Kier molecular flexibility index (Phi) is 5.57. The second-order valence-electron chi connectivity index (χ2n) is 5.68. The van der Waals surface area contributed by atoms with Crippen LogP contribution in [0.25, 0.3) is 0 Å². The SMILES string of the molecule is COC(=O)Nc1nc2c(s1)CN(C(=O)NCc1ccc(OC)cc1)CC2. The fourth-order valence-corrected chi connectivity index (χ4v) is 3.60. The minimum atomic E-state index is -0.551. The van der Waals surface area contributed by atoms with Gasteiger partial charge in [0.2, 0.25) is 0 Å². The number of anilines is 1. The Balaban J connectivity index is 1.55. The Morgan fingerprint density at radius 2 is 2.04 bits per heavy atom. The van der Waals surface area contributed by atoms with Gasteiger partial charge in [-0.2, -0.15) is 0 Å². The topological polar surface area (TPSA) is 92.8 Å². The normalized spacial score (nSPS) is 12.9. The van der Waals surface area contributed by atoms with Gasteiger partial charge in [0.15, 0.2) is 5.13 Å². The standard InChI is InChI=1S/C17H20N4O4S/c1-24-12-5-3-11(4-6-12)9-18-16(22)21-8-7-13-14(10-21)26-15(19-13)20-17(23)25-2/h3-6H,7-10H2,1-2H3,(H,18,22)(H,19,20,23). The van der Waals surface area contributed by atoms with Crippen molar-refractivity contribution in [1.29, 1.82) is 0 Å². The minimum Gasteiger partial charge on any atom is -0.497 e. The van der Waals surface area contributed by atoms with Crippen LogP contribution in [0.15, 0.2) is 24.3 Å².